The molecule has 0 saturated heterocycles. The molecular formula is C32H27Cl2N3O3S. The van der Waals surface area contributed by atoms with Crippen LogP contribution in [0.5, 0.6) is 0 Å². The highest BCUT2D eigenvalue weighted by Crippen LogP contribution is 2.28. The van der Waals surface area contributed by atoms with E-state index < -0.39 is 17.1 Å². The normalized spacial score (nSPS) is 11.9. The van der Waals surface area contributed by atoms with Crippen molar-refractivity contribution in [1.29, 1.82) is 0 Å². The maximum absolute atomic E-state index is 13.4. The maximum atomic E-state index is 13.4. The van der Waals surface area contributed by atoms with Gasteiger partial charge in [0.25, 0.3) is 11.8 Å². The number of hydrogen-bond acceptors (Lipinski definition) is 4. The lowest BCUT2D eigenvalue weighted by atomic mass is 10.1. The number of nitrogens with one attached hydrogen (secondary N) is 3. The van der Waals surface area contributed by atoms with Crippen molar-refractivity contribution in [1.82, 2.24) is 5.32 Å². The molecule has 1 unspecified atom stereocenters. The molecule has 9 heteroatoms. The standard InChI is InChI=1S/C32H27Cl2N3O3S/c1-20-11-14-25(34)18-28(20)36-30(38)21(2)41-27-10-6-9-26(19-27)35-32(40)29(17-22-12-15-24(33)16-13-22)37-31(39)23-7-4-3-5-8-23/h3-19,21H,1-2H3,(H,35,40)(H,36,38)(H,37,39)/b29-17+. The Morgan fingerprint density at radius 1 is 0.805 bits per heavy atom. The third-order valence-electron chi connectivity index (χ3n) is 5.94. The average molecular weight is 605 g/mol. The molecule has 1 atom stereocenters. The Morgan fingerprint density at radius 3 is 2.24 bits per heavy atom. The van der Waals surface area contributed by atoms with Gasteiger partial charge in [-0.05, 0) is 85.6 Å². The number of halogens is 2. The summed E-state index contributed by atoms with van der Waals surface area (Å²) in [6.45, 7) is 3.70. The highest BCUT2D eigenvalue weighted by Gasteiger charge is 2.18. The molecule has 208 valence electrons. The number of carbonyl (C=O) groups excluding carboxylic acids is 3. The van der Waals surface area contributed by atoms with Crippen molar-refractivity contribution in [2.45, 2.75) is 24.0 Å². The van der Waals surface area contributed by atoms with Gasteiger partial charge >= 0.3 is 0 Å². The second-order valence-corrected chi connectivity index (χ2v) is 11.4. The summed E-state index contributed by atoms with van der Waals surface area (Å²) in [6.07, 6.45) is 1.58. The van der Waals surface area contributed by atoms with E-state index in [1.54, 1.807) is 91.9 Å². The summed E-state index contributed by atoms with van der Waals surface area (Å²) in [6, 6.07) is 28.0. The molecule has 0 bridgehead atoms. The number of amides is 3. The zero-order valence-electron chi connectivity index (χ0n) is 22.3. The van der Waals surface area contributed by atoms with E-state index in [9.17, 15) is 14.4 Å². The second kappa shape index (κ2) is 14.0. The fourth-order valence-corrected chi connectivity index (χ4v) is 4.96. The van der Waals surface area contributed by atoms with E-state index in [2.05, 4.69) is 16.0 Å². The van der Waals surface area contributed by atoms with E-state index in [0.29, 0.717) is 32.5 Å². The van der Waals surface area contributed by atoms with Crippen molar-refractivity contribution >= 4 is 70.1 Å². The van der Waals surface area contributed by atoms with Gasteiger partial charge in [-0.1, -0.05) is 65.7 Å². The van der Waals surface area contributed by atoms with Crippen LogP contribution in [0.2, 0.25) is 10.0 Å². The first kappa shape index (κ1) is 29.9. The summed E-state index contributed by atoms with van der Waals surface area (Å²) in [7, 11) is 0. The van der Waals surface area contributed by atoms with Crippen LogP contribution in [-0.2, 0) is 9.59 Å². The van der Waals surface area contributed by atoms with Crippen LogP contribution in [0.15, 0.2) is 108 Å². The fourth-order valence-electron chi connectivity index (χ4n) is 3.73. The van der Waals surface area contributed by atoms with Crippen molar-refractivity contribution in [2.24, 2.45) is 0 Å². The smallest absolute Gasteiger partial charge is 0.272 e. The van der Waals surface area contributed by atoms with Crippen LogP contribution in [-0.4, -0.2) is 23.0 Å². The van der Waals surface area contributed by atoms with Crippen LogP contribution >= 0.6 is 35.0 Å². The molecule has 0 aliphatic heterocycles. The molecule has 0 aliphatic carbocycles. The molecule has 41 heavy (non-hydrogen) atoms. The van der Waals surface area contributed by atoms with E-state index in [0.717, 1.165) is 10.5 Å². The number of rotatable bonds is 9. The molecule has 0 radical (unpaired) electrons. The summed E-state index contributed by atoms with van der Waals surface area (Å²) < 4.78 is 0. The second-order valence-electron chi connectivity index (χ2n) is 9.12. The van der Waals surface area contributed by atoms with E-state index in [1.807, 2.05) is 25.1 Å². The Balaban J connectivity index is 1.48. The van der Waals surface area contributed by atoms with Gasteiger partial charge in [0.05, 0.1) is 5.25 Å². The van der Waals surface area contributed by atoms with Gasteiger partial charge < -0.3 is 16.0 Å². The van der Waals surface area contributed by atoms with Gasteiger partial charge in [-0.3, -0.25) is 14.4 Å². The average Bonchev–Trinajstić information content (AvgIpc) is 2.96. The molecule has 0 spiro atoms. The lowest BCUT2D eigenvalue weighted by Crippen LogP contribution is -2.30. The van der Waals surface area contributed by atoms with Crippen molar-refractivity contribution in [2.75, 3.05) is 10.6 Å². The minimum absolute atomic E-state index is 0.0591. The number of thioether (sulfide) groups is 1. The molecular weight excluding hydrogens is 577 g/mol. The lowest BCUT2D eigenvalue weighted by Gasteiger charge is -2.15. The SMILES string of the molecule is Cc1ccc(Cl)cc1NC(=O)C(C)Sc1cccc(NC(=O)/C(=C\c2ccc(Cl)cc2)NC(=O)c2ccccc2)c1. The first-order valence-electron chi connectivity index (χ1n) is 12.7. The molecule has 4 aromatic rings. The summed E-state index contributed by atoms with van der Waals surface area (Å²) in [5.41, 5.74) is 3.24. The Bertz CT molecular complexity index is 1590. The summed E-state index contributed by atoms with van der Waals surface area (Å²) in [5, 5.41) is 9.16. The Hall–Kier alpha value is -4.04. The Kier molecular flexibility index (Phi) is 10.2. The van der Waals surface area contributed by atoms with Gasteiger partial charge in [0.2, 0.25) is 5.91 Å². The van der Waals surface area contributed by atoms with Crippen LogP contribution < -0.4 is 16.0 Å². The van der Waals surface area contributed by atoms with Gasteiger partial charge in [-0.25, -0.2) is 0 Å². The zero-order chi connectivity index (χ0) is 29.4. The van der Waals surface area contributed by atoms with Crippen LogP contribution in [0.4, 0.5) is 11.4 Å². The van der Waals surface area contributed by atoms with E-state index >= 15 is 0 Å². The van der Waals surface area contributed by atoms with E-state index in [-0.39, 0.29) is 11.6 Å². The van der Waals surface area contributed by atoms with Crippen molar-refractivity contribution in [3.05, 3.63) is 129 Å². The van der Waals surface area contributed by atoms with Gasteiger partial charge in [0.1, 0.15) is 5.70 Å². The molecule has 0 aromatic heterocycles. The van der Waals surface area contributed by atoms with Gasteiger partial charge in [0, 0.05) is 31.9 Å². The lowest BCUT2D eigenvalue weighted by molar-refractivity contribution is -0.115. The van der Waals surface area contributed by atoms with Crippen molar-refractivity contribution < 1.29 is 14.4 Å². The topological polar surface area (TPSA) is 87.3 Å². The summed E-state index contributed by atoms with van der Waals surface area (Å²) in [4.78, 5) is 39.8. The Morgan fingerprint density at radius 2 is 1.51 bits per heavy atom. The maximum Gasteiger partial charge on any atom is 0.272 e. The molecule has 0 heterocycles. The number of aryl methyl sites for hydroxylation is 1. The van der Waals surface area contributed by atoms with Crippen LogP contribution in [0.25, 0.3) is 6.08 Å². The third-order valence-corrected chi connectivity index (χ3v) is 7.52. The van der Waals surface area contributed by atoms with Gasteiger partial charge in [-0.2, -0.15) is 0 Å². The van der Waals surface area contributed by atoms with E-state index in [4.69, 9.17) is 23.2 Å². The molecule has 4 rings (SSSR count). The quantitative estimate of drug-likeness (QED) is 0.134. The molecule has 0 fully saturated rings. The summed E-state index contributed by atoms with van der Waals surface area (Å²) in [5.74, 6) is -1.10. The predicted octanol–water partition coefficient (Wildman–Crippen LogP) is 7.83. The first-order valence-corrected chi connectivity index (χ1v) is 14.3. The molecule has 3 amide bonds. The highest BCUT2D eigenvalue weighted by atomic mass is 35.5. The molecule has 0 saturated carbocycles. The van der Waals surface area contributed by atoms with Gasteiger partial charge in [0.15, 0.2) is 0 Å². The summed E-state index contributed by atoms with van der Waals surface area (Å²) >= 11 is 13.4. The molecule has 0 aliphatic rings. The monoisotopic (exact) mass is 603 g/mol. The minimum atomic E-state index is -0.506. The Labute approximate surface area is 253 Å². The van der Waals surface area contributed by atoms with E-state index in [1.165, 1.54) is 11.8 Å². The molecule has 3 N–H and O–H groups in total. The van der Waals surface area contributed by atoms with Crippen molar-refractivity contribution in [3.63, 3.8) is 0 Å². The first-order chi connectivity index (χ1) is 19.7. The minimum Gasteiger partial charge on any atom is -0.325 e. The largest absolute Gasteiger partial charge is 0.325 e. The molecule has 6 nitrogen and oxygen atoms in total. The van der Waals surface area contributed by atoms with Crippen molar-refractivity contribution in [3.8, 4) is 0 Å². The van der Waals surface area contributed by atoms with Crippen LogP contribution in [0.1, 0.15) is 28.4 Å². The third kappa shape index (κ3) is 8.72. The number of anilines is 2. The predicted molar refractivity (Wildman–Crippen MR) is 169 cm³/mol. The number of carbonyl (C=O) groups is 3. The van der Waals surface area contributed by atoms with Crippen LogP contribution in [0, 0.1) is 6.92 Å². The number of hydrogen-bond donors (Lipinski definition) is 3. The molecule has 4 aromatic carbocycles. The fraction of sp³-hybridized carbons (Fsp3) is 0.0938. The van der Waals surface area contributed by atoms with Gasteiger partial charge in [-0.15, -0.1) is 11.8 Å². The van der Waals surface area contributed by atoms with Crippen LogP contribution in [0.3, 0.4) is 0 Å². The number of benzene rings is 4. The highest BCUT2D eigenvalue weighted by molar-refractivity contribution is 8.00. The zero-order valence-corrected chi connectivity index (χ0v) is 24.6.